The Kier molecular flexibility index (Phi) is 7.38. The third kappa shape index (κ3) is 6.10. The first-order chi connectivity index (χ1) is 11.7. The summed E-state index contributed by atoms with van der Waals surface area (Å²) in [6.45, 7) is 5.12. The van der Waals surface area contributed by atoms with E-state index in [4.69, 9.17) is 9.47 Å². The Balaban J connectivity index is 1.81. The Morgan fingerprint density at radius 1 is 1.21 bits per heavy atom. The first-order valence-corrected chi connectivity index (χ1v) is 7.96. The van der Waals surface area contributed by atoms with Crippen LogP contribution in [0.15, 0.2) is 41.5 Å². The Bertz CT molecular complexity index is 627. The highest BCUT2D eigenvalue weighted by molar-refractivity contribution is 5.82. The molecule has 0 N–H and O–H groups in total. The summed E-state index contributed by atoms with van der Waals surface area (Å²) < 4.78 is 12.2. The van der Waals surface area contributed by atoms with Crippen LogP contribution in [0, 0.1) is 0 Å². The molecule has 24 heavy (non-hydrogen) atoms. The maximum Gasteiger partial charge on any atom is 0.102 e. The number of para-hydroxylation sites is 1. The van der Waals surface area contributed by atoms with Gasteiger partial charge in [-0.25, -0.2) is 9.67 Å². The van der Waals surface area contributed by atoms with Crippen molar-refractivity contribution in [3.8, 4) is 0 Å². The molecule has 0 unspecified atom stereocenters. The molecule has 0 amide bonds. The van der Waals surface area contributed by atoms with Crippen molar-refractivity contribution in [1.82, 2.24) is 19.9 Å². The summed E-state index contributed by atoms with van der Waals surface area (Å²) in [4.78, 5) is 6.65. The zero-order chi connectivity index (χ0) is 17.2. The normalized spacial score (nSPS) is 11.7. The molecule has 2 rings (SSSR count). The summed E-state index contributed by atoms with van der Waals surface area (Å²) in [6.07, 6.45) is 1.94. The van der Waals surface area contributed by atoms with Crippen molar-refractivity contribution in [2.45, 2.75) is 20.0 Å². The van der Waals surface area contributed by atoms with E-state index in [0.717, 1.165) is 17.2 Å². The number of aliphatic imine (C=N–C) groups is 1. The molecule has 0 aliphatic heterocycles. The quantitative estimate of drug-likeness (QED) is 0.400. The molecule has 1 heterocycles. The standard InChI is InChI=1S/C17H25N5O2/c1-15(18-16-7-5-4-6-8-16)21(2)13-17-14-22(20-19-17)9-10-24-12-11-23-3/h4-8,14H,9-13H2,1-3H3/b18-15-. The average Bonchev–Trinajstić information content (AvgIpc) is 3.03. The lowest BCUT2D eigenvalue weighted by molar-refractivity contribution is 0.0652. The highest BCUT2D eigenvalue weighted by Crippen LogP contribution is 2.11. The molecule has 0 bridgehead atoms. The number of ether oxygens (including phenoxy) is 2. The van der Waals surface area contributed by atoms with E-state index >= 15 is 0 Å². The van der Waals surface area contributed by atoms with Crippen LogP contribution in [-0.4, -0.2) is 59.7 Å². The first kappa shape index (κ1) is 18.1. The predicted molar refractivity (Wildman–Crippen MR) is 93.4 cm³/mol. The molecule has 1 aromatic carbocycles. The van der Waals surface area contributed by atoms with Crippen molar-refractivity contribution >= 4 is 11.5 Å². The lowest BCUT2D eigenvalue weighted by Crippen LogP contribution is -2.23. The molecule has 0 spiro atoms. The largest absolute Gasteiger partial charge is 0.382 e. The van der Waals surface area contributed by atoms with Crippen molar-refractivity contribution in [2.75, 3.05) is 34.0 Å². The lowest BCUT2D eigenvalue weighted by atomic mass is 10.3. The molecular weight excluding hydrogens is 306 g/mol. The number of rotatable bonds is 9. The molecule has 130 valence electrons. The molecule has 7 heteroatoms. The van der Waals surface area contributed by atoms with Crippen LogP contribution in [0.2, 0.25) is 0 Å². The van der Waals surface area contributed by atoms with Gasteiger partial charge < -0.3 is 14.4 Å². The molecular formula is C17H25N5O2. The molecule has 0 saturated carbocycles. The second-order valence-electron chi connectivity index (χ2n) is 5.43. The SMILES string of the molecule is COCCOCCn1cc(CN(C)/C(C)=N\c2ccccc2)nn1. The van der Waals surface area contributed by atoms with E-state index in [9.17, 15) is 0 Å². The minimum absolute atomic E-state index is 0.593. The van der Waals surface area contributed by atoms with Crippen LogP contribution >= 0.6 is 0 Å². The van der Waals surface area contributed by atoms with Crippen LogP contribution in [0.25, 0.3) is 0 Å². The van der Waals surface area contributed by atoms with Gasteiger partial charge in [0.15, 0.2) is 0 Å². The summed E-state index contributed by atoms with van der Waals surface area (Å²) in [7, 11) is 3.65. The van der Waals surface area contributed by atoms with Gasteiger partial charge in [-0.2, -0.15) is 0 Å². The fourth-order valence-corrected chi connectivity index (χ4v) is 2.05. The van der Waals surface area contributed by atoms with Gasteiger partial charge in [-0.1, -0.05) is 23.4 Å². The maximum absolute atomic E-state index is 5.43. The highest BCUT2D eigenvalue weighted by atomic mass is 16.5. The first-order valence-electron chi connectivity index (χ1n) is 7.96. The number of nitrogens with zero attached hydrogens (tertiary/aromatic N) is 5. The average molecular weight is 331 g/mol. The van der Waals surface area contributed by atoms with Gasteiger partial charge in [-0.3, -0.25) is 0 Å². The topological polar surface area (TPSA) is 64.8 Å². The van der Waals surface area contributed by atoms with Crippen molar-refractivity contribution < 1.29 is 9.47 Å². The van der Waals surface area contributed by atoms with Crippen molar-refractivity contribution in [1.29, 1.82) is 0 Å². The van der Waals surface area contributed by atoms with E-state index in [0.29, 0.717) is 32.9 Å². The molecule has 1 aromatic heterocycles. The third-order valence-electron chi connectivity index (χ3n) is 3.48. The second kappa shape index (κ2) is 9.79. The molecule has 2 aromatic rings. The van der Waals surface area contributed by atoms with Crippen LogP contribution in [0.5, 0.6) is 0 Å². The van der Waals surface area contributed by atoms with Gasteiger partial charge in [0.25, 0.3) is 0 Å². The fraction of sp³-hybridized carbons (Fsp3) is 0.471. The van der Waals surface area contributed by atoms with Gasteiger partial charge in [0, 0.05) is 14.2 Å². The van der Waals surface area contributed by atoms with Crippen LogP contribution in [0.1, 0.15) is 12.6 Å². The lowest BCUT2D eigenvalue weighted by Gasteiger charge is -2.16. The second-order valence-corrected chi connectivity index (χ2v) is 5.43. The Hall–Kier alpha value is -2.25. The Labute approximate surface area is 142 Å². The van der Waals surface area contributed by atoms with Gasteiger partial charge >= 0.3 is 0 Å². The van der Waals surface area contributed by atoms with Crippen LogP contribution in [-0.2, 0) is 22.6 Å². The van der Waals surface area contributed by atoms with Crippen LogP contribution < -0.4 is 0 Å². The summed E-state index contributed by atoms with van der Waals surface area (Å²) in [6, 6.07) is 9.91. The number of benzene rings is 1. The minimum Gasteiger partial charge on any atom is -0.382 e. The van der Waals surface area contributed by atoms with Crippen LogP contribution in [0.4, 0.5) is 5.69 Å². The van der Waals surface area contributed by atoms with E-state index in [-0.39, 0.29) is 0 Å². The van der Waals surface area contributed by atoms with Crippen LogP contribution in [0.3, 0.4) is 0 Å². The smallest absolute Gasteiger partial charge is 0.102 e. The number of hydrogen-bond acceptors (Lipinski definition) is 5. The van der Waals surface area contributed by atoms with Gasteiger partial charge in [0.1, 0.15) is 11.5 Å². The van der Waals surface area contributed by atoms with Gasteiger partial charge in [0.05, 0.1) is 44.8 Å². The van der Waals surface area contributed by atoms with Crippen molar-refractivity contribution in [3.05, 3.63) is 42.2 Å². The summed E-state index contributed by atoms with van der Waals surface area (Å²) in [5.74, 6) is 0.929. The van der Waals surface area contributed by atoms with Gasteiger partial charge in [-0.15, -0.1) is 5.10 Å². The van der Waals surface area contributed by atoms with Crippen molar-refractivity contribution in [2.24, 2.45) is 4.99 Å². The zero-order valence-corrected chi connectivity index (χ0v) is 14.6. The number of methoxy groups -OCH3 is 1. The number of aromatic nitrogens is 3. The van der Waals surface area contributed by atoms with E-state index < -0.39 is 0 Å². The van der Waals surface area contributed by atoms with Gasteiger partial charge in [0.2, 0.25) is 0 Å². The van der Waals surface area contributed by atoms with E-state index in [1.54, 1.807) is 11.8 Å². The molecule has 0 fully saturated rings. The van der Waals surface area contributed by atoms with E-state index in [1.807, 2.05) is 50.5 Å². The molecule has 0 aliphatic carbocycles. The monoisotopic (exact) mass is 331 g/mol. The van der Waals surface area contributed by atoms with E-state index in [2.05, 4.69) is 20.2 Å². The maximum atomic E-state index is 5.43. The third-order valence-corrected chi connectivity index (χ3v) is 3.48. The predicted octanol–water partition coefficient (Wildman–Crippen LogP) is 2.12. The zero-order valence-electron chi connectivity index (χ0n) is 14.6. The molecule has 0 saturated heterocycles. The fourth-order valence-electron chi connectivity index (χ4n) is 2.05. The number of amidine groups is 1. The molecule has 0 aliphatic rings. The molecule has 0 atom stereocenters. The minimum atomic E-state index is 0.593. The Morgan fingerprint density at radius 3 is 2.75 bits per heavy atom. The summed E-state index contributed by atoms with van der Waals surface area (Å²) in [5, 5.41) is 8.32. The van der Waals surface area contributed by atoms with E-state index in [1.165, 1.54) is 0 Å². The molecule has 7 nitrogen and oxygen atoms in total. The van der Waals surface area contributed by atoms with Crippen molar-refractivity contribution in [3.63, 3.8) is 0 Å². The number of hydrogen-bond donors (Lipinski definition) is 0. The van der Waals surface area contributed by atoms with Gasteiger partial charge in [-0.05, 0) is 19.1 Å². The highest BCUT2D eigenvalue weighted by Gasteiger charge is 2.06. The summed E-state index contributed by atoms with van der Waals surface area (Å²) in [5.41, 5.74) is 1.84. The summed E-state index contributed by atoms with van der Waals surface area (Å²) >= 11 is 0. The molecule has 0 radical (unpaired) electrons. The Morgan fingerprint density at radius 2 is 2.00 bits per heavy atom.